The lowest BCUT2D eigenvalue weighted by molar-refractivity contribution is -0.138. The molecular formula is C10H13NO4S. The van der Waals surface area contributed by atoms with Crippen LogP contribution >= 0.6 is 11.3 Å². The van der Waals surface area contributed by atoms with Crippen molar-refractivity contribution in [2.45, 2.75) is 25.3 Å². The highest BCUT2D eigenvalue weighted by molar-refractivity contribution is 7.08. The molecule has 1 aromatic rings. The summed E-state index contributed by atoms with van der Waals surface area (Å²) >= 11 is 1.33. The predicted molar refractivity (Wildman–Crippen MR) is 59.8 cm³/mol. The quantitative estimate of drug-likeness (QED) is 0.696. The van der Waals surface area contributed by atoms with Gasteiger partial charge in [-0.1, -0.05) is 0 Å². The van der Waals surface area contributed by atoms with Crippen LogP contribution in [0.25, 0.3) is 0 Å². The number of carbonyl (C=O) groups is 2. The predicted octanol–water partition coefficient (Wildman–Crippen LogP) is 1.18. The summed E-state index contributed by atoms with van der Waals surface area (Å²) in [5.41, 5.74) is 6.39. The molecular weight excluding hydrogens is 230 g/mol. The molecule has 1 heterocycles. The third-order valence-corrected chi connectivity index (χ3v) is 3.04. The fraction of sp³-hybridized carbons (Fsp3) is 0.400. The Balaban J connectivity index is 2.46. The highest BCUT2D eigenvalue weighted by Gasteiger charge is 2.13. The Kier molecular flexibility index (Phi) is 4.45. The zero-order valence-corrected chi connectivity index (χ0v) is 9.37. The van der Waals surface area contributed by atoms with Gasteiger partial charge in [-0.3, -0.25) is 4.79 Å². The van der Waals surface area contributed by atoms with E-state index in [1.807, 2.05) is 0 Å². The minimum Gasteiger partial charge on any atom is -0.480 e. The topological polar surface area (TPSA) is 101 Å². The molecule has 0 fully saturated rings. The largest absolute Gasteiger partial charge is 0.480 e. The van der Waals surface area contributed by atoms with Gasteiger partial charge in [0.2, 0.25) is 0 Å². The fourth-order valence-electron chi connectivity index (χ4n) is 1.34. The molecule has 1 atom stereocenters. The molecule has 0 amide bonds. The molecule has 0 aromatic carbocycles. The summed E-state index contributed by atoms with van der Waals surface area (Å²) in [5.74, 6) is -1.97. The van der Waals surface area contributed by atoms with E-state index in [1.165, 1.54) is 11.3 Å². The van der Waals surface area contributed by atoms with Gasteiger partial charge >= 0.3 is 11.9 Å². The molecule has 5 nitrogen and oxygen atoms in total. The SMILES string of the molecule is N[C@H](CCCc1cscc1C(=O)O)C(=O)O. The standard InChI is InChI=1S/C10H13NO4S/c11-8(10(14)15)3-1-2-6-4-16-5-7(6)9(12)13/h4-5,8H,1-3,11H2,(H,12,13)(H,14,15)/t8-/m1/s1. The fourth-order valence-corrected chi connectivity index (χ4v) is 2.21. The Bertz CT molecular complexity index is 388. The second-order valence-electron chi connectivity index (χ2n) is 3.45. The number of rotatable bonds is 6. The van der Waals surface area contributed by atoms with Crippen molar-refractivity contribution >= 4 is 23.3 Å². The third-order valence-electron chi connectivity index (χ3n) is 2.25. The molecule has 0 aliphatic rings. The molecule has 0 saturated heterocycles. The average molecular weight is 243 g/mol. The van der Waals surface area contributed by atoms with Crippen LogP contribution in [0.15, 0.2) is 10.8 Å². The van der Waals surface area contributed by atoms with Gasteiger partial charge in [0, 0.05) is 5.38 Å². The van der Waals surface area contributed by atoms with Crippen molar-refractivity contribution in [3.05, 3.63) is 21.9 Å². The van der Waals surface area contributed by atoms with Gasteiger partial charge in [0.25, 0.3) is 0 Å². The molecule has 88 valence electrons. The number of hydrogen-bond donors (Lipinski definition) is 3. The number of carboxylic acid groups (broad SMARTS) is 2. The van der Waals surface area contributed by atoms with E-state index in [0.29, 0.717) is 24.8 Å². The Labute approximate surface area is 96.5 Å². The Morgan fingerprint density at radius 3 is 2.62 bits per heavy atom. The van der Waals surface area contributed by atoms with E-state index in [2.05, 4.69) is 0 Å². The number of nitrogens with two attached hydrogens (primary N) is 1. The maximum atomic E-state index is 10.8. The van der Waals surface area contributed by atoms with Crippen molar-refractivity contribution in [3.8, 4) is 0 Å². The molecule has 0 saturated carbocycles. The van der Waals surface area contributed by atoms with E-state index in [1.54, 1.807) is 10.8 Å². The average Bonchev–Trinajstić information content (AvgIpc) is 2.65. The van der Waals surface area contributed by atoms with E-state index in [9.17, 15) is 9.59 Å². The smallest absolute Gasteiger partial charge is 0.336 e. The van der Waals surface area contributed by atoms with Crippen molar-refractivity contribution in [2.75, 3.05) is 0 Å². The van der Waals surface area contributed by atoms with E-state index in [4.69, 9.17) is 15.9 Å². The lowest BCUT2D eigenvalue weighted by atomic mass is 10.0. The highest BCUT2D eigenvalue weighted by Crippen LogP contribution is 2.17. The van der Waals surface area contributed by atoms with Crippen molar-refractivity contribution in [2.24, 2.45) is 5.73 Å². The molecule has 1 rings (SSSR count). The minimum absolute atomic E-state index is 0.300. The molecule has 0 spiro atoms. The number of aromatic carboxylic acids is 1. The van der Waals surface area contributed by atoms with Crippen LogP contribution in [0, 0.1) is 0 Å². The van der Waals surface area contributed by atoms with Gasteiger partial charge < -0.3 is 15.9 Å². The Morgan fingerprint density at radius 2 is 2.06 bits per heavy atom. The van der Waals surface area contributed by atoms with Gasteiger partial charge in [0.15, 0.2) is 0 Å². The summed E-state index contributed by atoms with van der Waals surface area (Å²) in [6, 6.07) is -0.869. The van der Waals surface area contributed by atoms with Crippen LogP contribution in [0.1, 0.15) is 28.8 Å². The summed E-state index contributed by atoms with van der Waals surface area (Å²) in [4.78, 5) is 21.2. The number of aryl methyl sites for hydroxylation is 1. The zero-order valence-electron chi connectivity index (χ0n) is 8.55. The number of hydrogen-bond acceptors (Lipinski definition) is 4. The molecule has 16 heavy (non-hydrogen) atoms. The second-order valence-corrected chi connectivity index (χ2v) is 4.20. The van der Waals surface area contributed by atoms with Crippen LogP contribution in [0.2, 0.25) is 0 Å². The first-order chi connectivity index (χ1) is 7.52. The van der Waals surface area contributed by atoms with Gasteiger partial charge in [-0.05, 0) is 30.2 Å². The highest BCUT2D eigenvalue weighted by atomic mass is 32.1. The summed E-state index contributed by atoms with van der Waals surface area (Å²) in [7, 11) is 0. The number of aliphatic carboxylic acids is 1. The normalized spacial score (nSPS) is 12.3. The Hall–Kier alpha value is -1.40. The van der Waals surface area contributed by atoms with Gasteiger partial charge in [0.05, 0.1) is 5.56 Å². The maximum Gasteiger partial charge on any atom is 0.336 e. The zero-order chi connectivity index (χ0) is 12.1. The molecule has 1 aromatic heterocycles. The summed E-state index contributed by atoms with van der Waals surface area (Å²) in [5, 5.41) is 20.8. The van der Waals surface area contributed by atoms with E-state index in [-0.39, 0.29) is 0 Å². The monoisotopic (exact) mass is 243 g/mol. The molecule has 0 aliphatic heterocycles. The Morgan fingerprint density at radius 1 is 1.38 bits per heavy atom. The first-order valence-corrected chi connectivity index (χ1v) is 5.73. The van der Waals surface area contributed by atoms with Crippen LogP contribution in [0.5, 0.6) is 0 Å². The summed E-state index contributed by atoms with van der Waals surface area (Å²) in [6.07, 6.45) is 1.47. The van der Waals surface area contributed by atoms with Gasteiger partial charge in [-0.25, -0.2) is 4.79 Å². The lowest BCUT2D eigenvalue weighted by Gasteiger charge is -2.05. The van der Waals surface area contributed by atoms with Crippen LogP contribution in [-0.2, 0) is 11.2 Å². The van der Waals surface area contributed by atoms with Crippen LogP contribution in [-0.4, -0.2) is 28.2 Å². The maximum absolute atomic E-state index is 10.8. The first-order valence-electron chi connectivity index (χ1n) is 4.79. The van der Waals surface area contributed by atoms with Gasteiger partial charge in [-0.15, -0.1) is 0 Å². The summed E-state index contributed by atoms with van der Waals surface area (Å²) in [6.45, 7) is 0. The van der Waals surface area contributed by atoms with Crippen LogP contribution < -0.4 is 5.73 Å². The minimum atomic E-state index is -1.02. The first kappa shape index (κ1) is 12.7. The third kappa shape index (κ3) is 3.32. The molecule has 0 bridgehead atoms. The van der Waals surface area contributed by atoms with Gasteiger partial charge in [-0.2, -0.15) is 11.3 Å². The van der Waals surface area contributed by atoms with Crippen molar-refractivity contribution in [3.63, 3.8) is 0 Å². The molecule has 6 heteroatoms. The van der Waals surface area contributed by atoms with Crippen molar-refractivity contribution < 1.29 is 19.8 Å². The van der Waals surface area contributed by atoms with E-state index < -0.39 is 18.0 Å². The summed E-state index contributed by atoms with van der Waals surface area (Å²) < 4.78 is 0. The number of carboxylic acids is 2. The van der Waals surface area contributed by atoms with Crippen molar-refractivity contribution in [1.29, 1.82) is 0 Å². The van der Waals surface area contributed by atoms with Crippen molar-refractivity contribution in [1.82, 2.24) is 0 Å². The second kappa shape index (κ2) is 5.62. The van der Waals surface area contributed by atoms with Gasteiger partial charge in [0.1, 0.15) is 6.04 Å². The van der Waals surface area contributed by atoms with Crippen LogP contribution in [0.4, 0.5) is 0 Å². The van der Waals surface area contributed by atoms with E-state index in [0.717, 1.165) is 5.56 Å². The van der Waals surface area contributed by atoms with Crippen LogP contribution in [0.3, 0.4) is 0 Å². The molecule has 0 radical (unpaired) electrons. The lowest BCUT2D eigenvalue weighted by Crippen LogP contribution is -2.29. The molecule has 0 aliphatic carbocycles. The molecule has 0 unspecified atom stereocenters. The molecule has 4 N–H and O–H groups in total. The van der Waals surface area contributed by atoms with E-state index >= 15 is 0 Å². The number of thiophene rings is 1.